The van der Waals surface area contributed by atoms with Crippen molar-refractivity contribution in [1.82, 2.24) is 25.0 Å². The van der Waals surface area contributed by atoms with Gasteiger partial charge in [-0.25, -0.2) is 10.00 Å². The van der Waals surface area contributed by atoms with Crippen LogP contribution in [-0.2, 0) is 11.2 Å². The van der Waals surface area contributed by atoms with Crippen molar-refractivity contribution in [3.63, 3.8) is 0 Å². The molecule has 2 N–H and O–H groups in total. The molecule has 0 radical (unpaired) electrons. The molecule has 172 valence electrons. The second-order valence-corrected chi connectivity index (χ2v) is 8.52. The highest BCUT2D eigenvalue weighted by atomic mass is 16.5. The van der Waals surface area contributed by atoms with E-state index in [0.29, 0.717) is 6.04 Å². The number of aromatic nitrogens is 3. The molecule has 34 heavy (non-hydrogen) atoms. The number of nitrogens with zero attached hydrogens (tertiary/aromatic N) is 4. The van der Waals surface area contributed by atoms with Crippen LogP contribution >= 0.6 is 0 Å². The molecule has 3 aromatic heterocycles. The Bertz CT molecular complexity index is 1300. The topological polar surface area (TPSA) is 82.8 Å². The standard InChI is InChI=1S/C27H27N5O2/c33-26(30-34)13-10-20-8-11-21(12-9-20)24-7-4-16-31(24)18-14-23-25-6-1-2-17-32(25)29-27(23)22-5-3-15-28-19-22/h1-3,5-6,8-13,15,17,19,24,34H,4,7,14,16,18H2,(H,30,33)/b13-10+/t24-/m0/s1. The fourth-order valence-electron chi connectivity index (χ4n) is 4.80. The van der Waals surface area contributed by atoms with Crippen LogP contribution in [-0.4, -0.2) is 43.7 Å². The predicted octanol–water partition coefficient (Wildman–Crippen LogP) is 4.29. The summed E-state index contributed by atoms with van der Waals surface area (Å²) in [5, 5.41) is 13.5. The van der Waals surface area contributed by atoms with Gasteiger partial charge in [-0.1, -0.05) is 30.3 Å². The molecule has 1 aliphatic rings. The number of nitrogens with one attached hydrogen (secondary N) is 1. The molecule has 1 fully saturated rings. The maximum absolute atomic E-state index is 11.2. The van der Waals surface area contributed by atoms with Gasteiger partial charge >= 0.3 is 0 Å². The van der Waals surface area contributed by atoms with Crippen molar-refractivity contribution in [3.8, 4) is 11.3 Å². The molecule has 0 bridgehead atoms. The van der Waals surface area contributed by atoms with E-state index < -0.39 is 5.91 Å². The second kappa shape index (κ2) is 9.99. The average Bonchev–Trinajstić information content (AvgIpc) is 3.51. The van der Waals surface area contributed by atoms with E-state index in [1.165, 1.54) is 23.6 Å². The summed E-state index contributed by atoms with van der Waals surface area (Å²) >= 11 is 0. The predicted molar refractivity (Wildman–Crippen MR) is 131 cm³/mol. The molecule has 1 saturated heterocycles. The number of carbonyl (C=O) groups excluding carboxylic acids is 1. The highest BCUT2D eigenvalue weighted by Gasteiger charge is 2.26. The molecule has 0 unspecified atom stereocenters. The van der Waals surface area contributed by atoms with Crippen LogP contribution in [0.4, 0.5) is 0 Å². The molecule has 4 aromatic rings. The molecule has 4 heterocycles. The van der Waals surface area contributed by atoms with Crippen molar-refractivity contribution in [3.05, 3.63) is 96.0 Å². The van der Waals surface area contributed by atoms with Gasteiger partial charge < -0.3 is 0 Å². The summed E-state index contributed by atoms with van der Waals surface area (Å²) in [6.45, 7) is 2.02. The molecular formula is C27H27N5O2. The minimum Gasteiger partial charge on any atom is -0.296 e. The lowest BCUT2D eigenvalue weighted by Crippen LogP contribution is -2.25. The van der Waals surface area contributed by atoms with E-state index >= 15 is 0 Å². The zero-order valence-corrected chi connectivity index (χ0v) is 18.8. The van der Waals surface area contributed by atoms with Crippen LogP contribution in [0.25, 0.3) is 22.9 Å². The van der Waals surface area contributed by atoms with E-state index in [9.17, 15) is 4.79 Å². The van der Waals surface area contributed by atoms with Gasteiger partial charge in [0.05, 0.1) is 11.2 Å². The number of rotatable bonds is 7. The highest BCUT2D eigenvalue weighted by Crippen LogP contribution is 2.33. The fourth-order valence-corrected chi connectivity index (χ4v) is 4.80. The average molecular weight is 454 g/mol. The van der Waals surface area contributed by atoms with Gasteiger partial charge in [-0.3, -0.25) is 19.9 Å². The van der Waals surface area contributed by atoms with Crippen molar-refractivity contribution < 1.29 is 10.0 Å². The number of amides is 1. The number of pyridine rings is 2. The van der Waals surface area contributed by atoms with E-state index in [1.807, 2.05) is 41.2 Å². The summed E-state index contributed by atoms with van der Waals surface area (Å²) in [5.74, 6) is -0.538. The summed E-state index contributed by atoms with van der Waals surface area (Å²) in [4.78, 5) is 18.1. The van der Waals surface area contributed by atoms with Gasteiger partial charge in [0.1, 0.15) is 0 Å². The number of carbonyl (C=O) groups is 1. The molecule has 1 aromatic carbocycles. The Kier molecular flexibility index (Phi) is 6.46. The highest BCUT2D eigenvalue weighted by molar-refractivity contribution is 5.90. The van der Waals surface area contributed by atoms with Crippen LogP contribution in [0.2, 0.25) is 0 Å². The van der Waals surface area contributed by atoms with Crippen molar-refractivity contribution >= 4 is 17.5 Å². The molecular weight excluding hydrogens is 426 g/mol. The number of benzene rings is 1. The molecule has 1 amide bonds. The number of hydroxylamine groups is 1. The normalized spacial score (nSPS) is 16.4. The molecule has 7 heteroatoms. The van der Waals surface area contributed by atoms with Crippen molar-refractivity contribution in [2.75, 3.05) is 13.1 Å². The zero-order valence-electron chi connectivity index (χ0n) is 18.8. The first-order chi connectivity index (χ1) is 16.7. The molecule has 5 rings (SSSR count). The lowest BCUT2D eigenvalue weighted by molar-refractivity contribution is -0.124. The van der Waals surface area contributed by atoms with Gasteiger partial charge in [-0.05, 0) is 67.3 Å². The first-order valence-corrected chi connectivity index (χ1v) is 11.6. The van der Waals surface area contributed by atoms with E-state index in [-0.39, 0.29) is 0 Å². The monoisotopic (exact) mass is 453 g/mol. The number of hydrogen-bond acceptors (Lipinski definition) is 5. The largest absolute Gasteiger partial charge is 0.296 e. The van der Waals surface area contributed by atoms with Crippen LogP contribution in [0.3, 0.4) is 0 Å². The number of fused-ring (bicyclic) bond motifs is 1. The third kappa shape index (κ3) is 4.62. The summed E-state index contributed by atoms with van der Waals surface area (Å²) in [7, 11) is 0. The Hall–Kier alpha value is -3.81. The van der Waals surface area contributed by atoms with Crippen molar-refractivity contribution in [2.45, 2.75) is 25.3 Å². The Balaban J connectivity index is 1.34. The van der Waals surface area contributed by atoms with Gasteiger partial charge in [0.15, 0.2) is 0 Å². The van der Waals surface area contributed by atoms with Crippen LogP contribution < -0.4 is 5.48 Å². The molecule has 0 spiro atoms. The maximum Gasteiger partial charge on any atom is 0.267 e. The second-order valence-electron chi connectivity index (χ2n) is 8.52. The van der Waals surface area contributed by atoms with Gasteiger partial charge in [0.25, 0.3) is 5.91 Å². The lowest BCUT2D eigenvalue weighted by Gasteiger charge is -2.25. The van der Waals surface area contributed by atoms with Crippen molar-refractivity contribution in [2.24, 2.45) is 0 Å². The maximum atomic E-state index is 11.2. The zero-order chi connectivity index (χ0) is 23.3. The van der Waals surface area contributed by atoms with Gasteiger partial charge in [0, 0.05) is 48.4 Å². The van der Waals surface area contributed by atoms with E-state index in [1.54, 1.807) is 17.8 Å². The smallest absolute Gasteiger partial charge is 0.267 e. The van der Waals surface area contributed by atoms with E-state index in [2.05, 4.69) is 40.2 Å². The quantitative estimate of drug-likeness (QED) is 0.248. The van der Waals surface area contributed by atoms with Crippen LogP contribution in [0.1, 0.15) is 35.6 Å². The third-order valence-electron chi connectivity index (χ3n) is 6.45. The molecule has 1 atom stereocenters. The molecule has 0 aliphatic carbocycles. The Morgan fingerprint density at radius 3 is 2.82 bits per heavy atom. The Morgan fingerprint density at radius 1 is 1.15 bits per heavy atom. The molecule has 7 nitrogen and oxygen atoms in total. The Morgan fingerprint density at radius 2 is 2.03 bits per heavy atom. The van der Waals surface area contributed by atoms with Gasteiger partial charge in [0.2, 0.25) is 0 Å². The van der Waals surface area contributed by atoms with E-state index in [0.717, 1.165) is 48.3 Å². The first-order valence-electron chi connectivity index (χ1n) is 11.6. The fraction of sp³-hybridized carbons (Fsp3) is 0.222. The minimum absolute atomic E-state index is 0.377. The van der Waals surface area contributed by atoms with Crippen LogP contribution in [0, 0.1) is 0 Å². The summed E-state index contributed by atoms with van der Waals surface area (Å²) in [6.07, 6.45) is 11.9. The van der Waals surface area contributed by atoms with Gasteiger partial charge in [-0.15, -0.1) is 0 Å². The summed E-state index contributed by atoms with van der Waals surface area (Å²) < 4.78 is 1.96. The number of likely N-dealkylation sites (tertiary alicyclic amines) is 1. The molecule has 1 aliphatic heterocycles. The lowest BCUT2D eigenvalue weighted by atomic mass is 10.0. The number of hydrogen-bond donors (Lipinski definition) is 2. The van der Waals surface area contributed by atoms with Crippen LogP contribution in [0.5, 0.6) is 0 Å². The van der Waals surface area contributed by atoms with Gasteiger partial charge in [-0.2, -0.15) is 5.10 Å². The van der Waals surface area contributed by atoms with E-state index in [4.69, 9.17) is 10.3 Å². The summed E-state index contributed by atoms with van der Waals surface area (Å²) in [5.41, 5.74) is 8.24. The minimum atomic E-state index is -0.538. The van der Waals surface area contributed by atoms with Crippen molar-refractivity contribution in [1.29, 1.82) is 0 Å². The summed E-state index contributed by atoms with van der Waals surface area (Å²) in [6, 6.07) is 18.9. The Labute approximate surface area is 198 Å². The third-order valence-corrected chi connectivity index (χ3v) is 6.45. The van der Waals surface area contributed by atoms with Crippen LogP contribution in [0.15, 0.2) is 79.3 Å². The SMILES string of the molecule is O=C(/C=C/c1ccc([C@@H]2CCCN2CCc2c(-c3cccnc3)nn3ccccc23)cc1)NO. The molecule has 0 saturated carbocycles. The first kappa shape index (κ1) is 22.0.